The summed E-state index contributed by atoms with van der Waals surface area (Å²) in [5.41, 5.74) is -0.0703. The van der Waals surface area contributed by atoms with Gasteiger partial charge in [0, 0.05) is 63.7 Å². The number of urea groups is 1. The lowest BCUT2D eigenvalue weighted by molar-refractivity contribution is -0.00905. The van der Waals surface area contributed by atoms with Crippen LogP contribution in [0.15, 0.2) is 18.5 Å². The van der Waals surface area contributed by atoms with E-state index in [4.69, 9.17) is 4.74 Å². The Bertz CT molecular complexity index is 554. The Morgan fingerprint density at radius 1 is 1.12 bits per heavy atom. The van der Waals surface area contributed by atoms with Crippen LogP contribution in [-0.4, -0.2) is 90.4 Å². The number of nitrogens with one attached hydrogen (secondary N) is 1. The first-order chi connectivity index (χ1) is 12.1. The first-order valence-electron chi connectivity index (χ1n) is 8.94. The Morgan fingerprint density at radius 3 is 2.40 bits per heavy atom. The van der Waals surface area contributed by atoms with Crippen molar-refractivity contribution in [2.45, 2.75) is 19.4 Å². The highest BCUT2D eigenvalue weighted by Gasteiger charge is 2.30. The number of morpholine rings is 1. The van der Waals surface area contributed by atoms with Gasteiger partial charge in [-0.2, -0.15) is 0 Å². The zero-order valence-electron chi connectivity index (χ0n) is 15.1. The van der Waals surface area contributed by atoms with Gasteiger partial charge in [-0.3, -0.25) is 4.90 Å². The van der Waals surface area contributed by atoms with E-state index in [0.29, 0.717) is 19.6 Å². The Kier molecular flexibility index (Phi) is 5.70. The largest absolute Gasteiger partial charge is 0.379 e. The van der Waals surface area contributed by atoms with Crippen LogP contribution in [0.5, 0.6) is 0 Å². The van der Waals surface area contributed by atoms with E-state index < -0.39 is 0 Å². The van der Waals surface area contributed by atoms with Crippen LogP contribution in [0.1, 0.15) is 13.8 Å². The number of ether oxygens (including phenoxy) is 1. The van der Waals surface area contributed by atoms with E-state index in [1.165, 1.54) is 0 Å². The fraction of sp³-hybridized carbons (Fsp3) is 0.706. The molecule has 0 radical (unpaired) electrons. The van der Waals surface area contributed by atoms with Gasteiger partial charge in [0.05, 0.1) is 13.2 Å². The Labute approximate surface area is 149 Å². The Hall–Kier alpha value is -1.93. The summed E-state index contributed by atoms with van der Waals surface area (Å²) in [6.45, 7) is 11.2. The number of anilines is 1. The van der Waals surface area contributed by atoms with Crippen LogP contribution >= 0.6 is 0 Å². The molecule has 0 saturated carbocycles. The summed E-state index contributed by atoms with van der Waals surface area (Å²) in [5, 5.41) is 3.10. The average Bonchev–Trinajstić information content (AvgIpc) is 2.68. The number of rotatable bonds is 4. The van der Waals surface area contributed by atoms with E-state index in [9.17, 15) is 4.79 Å². The van der Waals surface area contributed by atoms with Crippen molar-refractivity contribution in [2.75, 3.05) is 63.9 Å². The molecule has 3 rings (SSSR count). The summed E-state index contributed by atoms with van der Waals surface area (Å²) < 4.78 is 5.41. The van der Waals surface area contributed by atoms with Crippen molar-refractivity contribution in [3.05, 3.63) is 18.5 Å². The first-order valence-corrected chi connectivity index (χ1v) is 8.94. The molecule has 0 atom stereocenters. The number of aromatic nitrogens is 2. The van der Waals surface area contributed by atoms with Gasteiger partial charge in [0.2, 0.25) is 5.95 Å². The summed E-state index contributed by atoms with van der Waals surface area (Å²) >= 11 is 0. The number of hydrogen-bond donors (Lipinski definition) is 1. The van der Waals surface area contributed by atoms with Crippen LogP contribution in [0.3, 0.4) is 0 Å². The zero-order valence-corrected chi connectivity index (χ0v) is 15.1. The molecule has 1 aromatic rings. The molecule has 0 spiro atoms. The van der Waals surface area contributed by atoms with Crippen LogP contribution in [0.2, 0.25) is 0 Å². The van der Waals surface area contributed by atoms with Gasteiger partial charge in [-0.05, 0) is 19.9 Å². The van der Waals surface area contributed by atoms with Gasteiger partial charge in [-0.15, -0.1) is 0 Å². The fourth-order valence-electron chi connectivity index (χ4n) is 3.25. The lowest BCUT2D eigenvalue weighted by Crippen LogP contribution is -2.58. The Morgan fingerprint density at radius 2 is 1.76 bits per heavy atom. The highest BCUT2D eigenvalue weighted by atomic mass is 16.5. The number of carbonyl (C=O) groups excluding carboxylic acids is 1. The summed E-state index contributed by atoms with van der Waals surface area (Å²) in [6, 6.07) is 1.82. The number of amides is 2. The van der Waals surface area contributed by atoms with Gasteiger partial charge in [0.25, 0.3) is 0 Å². The summed E-state index contributed by atoms with van der Waals surface area (Å²) in [4.78, 5) is 27.4. The quantitative estimate of drug-likeness (QED) is 0.850. The van der Waals surface area contributed by atoms with Crippen LogP contribution in [-0.2, 0) is 4.74 Å². The van der Waals surface area contributed by atoms with Gasteiger partial charge in [-0.25, -0.2) is 14.8 Å². The molecule has 8 nitrogen and oxygen atoms in total. The normalized spacial score (nSPS) is 19.8. The molecule has 1 N–H and O–H groups in total. The Balaban J connectivity index is 1.45. The standard InChI is InChI=1S/C17H28N6O2/c1-17(2,23-10-12-25-13-11-23)14-20-16(24)22-8-6-21(7-9-22)15-18-4-3-5-19-15/h3-5H,6-14H2,1-2H3,(H,20,24). The number of hydrogen-bond acceptors (Lipinski definition) is 6. The lowest BCUT2D eigenvalue weighted by Gasteiger charge is -2.41. The van der Waals surface area contributed by atoms with Gasteiger partial charge in [-0.1, -0.05) is 0 Å². The third-order valence-electron chi connectivity index (χ3n) is 4.94. The van der Waals surface area contributed by atoms with Gasteiger partial charge < -0.3 is 19.9 Å². The molecule has 2 aliphatic heterocycles. The van der Waals surface area contributed by atoms with Gasteiger partial charge in [0.15, 0.2) is 0 Å². The summed E-state index contributed by atoms with van der Waals surface area (Å²) in [6.07, 6.45) is 3.49. The number of piperazine rings is 1. The smallest absolute Gasteiger partial charge is 0.317 e. The zero-order chi connectivity index (χ0) is 17.7. The molecule has 0 aromatic carbocycles. The predicted molar refractivity (Wildman–Crippen MR) is 95.7 cm³/mol. The van der Waals surface area contributed by atoms with Crippen LogP contribution in [0, 0.1) is 0 Å². The molecule has 2 amide bonds. The van der Waals surface area contributed by atoms with E-state index in [1.54, 1.807) is 12.4 Å². The molecule has 2 aliphatic rings. The van der Waals surface area contributed by atoms with Crippen LogP contribution < -0.4 is 10.2 Å². The molecule has 1 aromatic heterocycles. The number of carbonyl (C=O) groups is 1. The predicted octanol–water partition coefficient (Wildman–Crippen LogP) is 0.419. The van der Waals surface area contributed by atoms with E-state index in [-0.39, 0.29) is 11.6 Å². The van der Waals surface area contributed by atoms with E-state index >= 15 is 0 Å². The fourth-order valence-corrected chi connectivity index (χ4v) is 3.25. The van der Waals surface area contributed by atoms with E-state index in [0.717, 1.165) is 45.3 Å². The summed E-state index contributed by atoms with van der Waals surface area (Å²) in [7, 11) is 0. The maximum atomic E-state index is 12.5. The van der Waals surface area contributed by atoms with Gasteiger partial charge in [0.1, 0.15) is 0 Å². The summed E-state index contributed by atoms with van der Waals surface area (Å²) in [5.74, 6) is 0.732. The van der Waals surface area contributed by atoms with Crippen molar-refractivity contribution >= 4 is 12.0 Å². The minimum atomic E-state index is -0.0703. The van der Waals surface area contributed by atoms with Crippen molar-refractivity contribution in [3.8, 4) is 0 Å². The van der Waals surface area contributed by atoms with Crippen LogP contribution in [0.25, 0.3) is 0 Å². The van der Waals surface area contributed by atoms with E-state index in [1.807, 2.05) is 11.0 Å². The van der Waals surface area contributed by atoms with Crippen molar-refractivity contribution < 1.29 is 9.53 Å². The molecule has 0 aliphatic carbocycles. The topological polar surface area (TPSA) is 73.8 Å². The highest BCUT2D eigenvalue weighted by Crippen LogP contribution is 2.15. The SMILES string of the molecule is CC(C)(CNC(=O)N1CCN(c2ncccn2)CC1)N1CCOCC1. The maximum Gasteiger partial charge on any atom is 0.317 e. The molecular weight excluding hydrogens is 320 g/mol. The molecular formula is C17H28N6O2. The van der Waals surface area contributed by atoms with Crippen molar-refractivity contribution in [3.63, 3.8) is 0 Å². The maximum absolute atomic E-state index is 12.5. The minimum Gasteiger partial charge on any atom is -0.379 e. The lowest BCUT2D eigenvalue weighted by atomic mass is 10.0. The molecule has 0 bridgehead atoms. The van der Waals surface area contributed by atoms with Crippen LogP contribution in [0.4, 0.5) is 10.7 Å². The molecule has 25 heavy (non-hydrogen) atoms. The third-order valence-corrected chi connectivity index (χ3v) is 4.94. The second-order valence-electron chi connectivity index (χ2n) is 7.09. The molecule has 0 unspecified atom stereocenters. The average molecular weight is 348 g/mol. The highest BCUT2D eigenvalue weighted by molar-refractivity contribution is 5.74. The van der Waals surface area contributed by atoms with E-state index in [2.05, 4.69) is 38.9 Å². The molecule has 3 heterocycles. The number of nitrogens with zero attached hydrogens (tertiary/aromatic N) is 5. The minimum absolute atomic E-state index is 0.00923. The molecule has 8 heteroatoms. The second-order valence-corrected chi connectivity index (χ2v) is 7.09. The molecule has 2 saturated heterocycles. The second kappa shape index (κ2) is 7.97. The first kappa shape index (κ1) is 17.9. The molecule has 2 fully saturated rings. The van der Waals surface area contributed by atoms with Crippen molar-refractivity contribution in [1.29, 1.82) is 0 Å². The third kappa shape index (κ3) is 4.58. The van der Waals surface area contributed by atoms with Gasteiger partial charge >= 0.3 is 6.03 Å². The monoisotopic (exact) mass is 348 g/mol. The van der Waals surface area contributed by atoms with Crippen molar-refractivity contribution in [2.24, 2.45) is 0 Å². The van der Waals surface area contributed by atoms with Crippen molar-refractivity contribution in [1.82, 2.24) is 25.1 Å². The molecule has 138 valence electrons.